The van der Waals surface area contributed by atoms with E-state index in [1.165, 1.54) is 0 Å². The van der Waals surface area contributed by atoms with Gasteiger partial charge in [-0.25, -0.2) is 0 Å². The van der Waals surface area contributed by atoms with Gasteiger partial charge in [0.15, 0.2) is 0 Å². The number of aliphatic imine (C=N–C) groups is 1. The Kier molecular flexibility index (Phi) is 3.58. The van der Waals surface area contributed by atoms with Crippen molar-refractivity contribution < 1.29 is 9.59 Å². The van der Waals surface area contributed by atoms with Crippen molar-refractivity contribution in [2.75, 3.05) is 5.32 Å². The molecule has 0 aliphatic carbocycles. The molecular weight excluding hydrogens is 302 g/mol. The molecular formula is C16H14ClN3O2. The van der Waals surface area contributed by atoms with Gasteiger partial charge in [0.2, 0.25) is 0 Å². The standard InChI is InChI=1S/C16H14ClN3O2/c1-16(15(22)18-12-7-5-11(17)6-8-12)10-14(21)19-13-4-2-3-9-20(13)16/h2-9H,10H2,1H3,(H,18,22). The van der Waals surface area contributed by atoms with E-state index in [0.717, 1.165) is 0 Å². The van der Waals surface area contributed by atoms with Crippen molar-refractivity contribution >= 4 is 34.9 Å². The minimum absolute atomic E-state index is 0.0219. The summed E-state index contributed by atoms with van der Waals surface area (Å²) in [6.45, 7) is 1.73. The first-order valence-electron chi connectivity index (χ1n) is 6.82. The minimum Gasteiger partial charge on any atom is -0.324 e. The summed E-state index contributed by atoms with van der Waals surface area (Å²) in [4.78, 5) is 30.3. The number of amidine groups is 1. The number of hydrogen-bond acceptors (Lipinski definition) is 3. The maximum atomic E-state index is 12.7. The van der Waals surface area contributed by atoms with Crippen molar-refractivity contribution in [3.05, 3.63) is 53.7 Å². The second-order valence-corrected chi connectivity index (χ2v) is 5.78. The number of nitrogens with one attached hydrogen (secondary N) is 1. The highest BCUT2D eigenvalue weighted by Crippen LogP contribution is 2.29. The van der Waals surface area contributed by atoms with Crippen LogP contribution in [0.15, 0.2) is 53.7 Å². The van der Waals surface area contributed by atoms with Crippen LogP contribution in [0.2, 0.25) is 5.02 Å². The molecule has 0 fully saturated rings. The van der Waals surface area contributed by atoms with Crippen molar-refractivity contribution in [2.24, 2.45) is 4.99 Å². The topological polar surface area (TPSA) is 61.8 Å². The Hall–Kier alpha value is -2.40. The molecule has 0 radical (unpaired) electrons. The molecule has 22 heavy (non-hydrogen) atoms. The van der Waals surface area contributed by atoms with Gasteiger partial charge in [0.05, 0.1) is 6.42 Å². The van der Waals surface area contributed by atoms with Gasteiger partial charge in [-0.2, -0.15) is 4.99 Å². The van der Waals surface area contributed by atoms with Crippen LogP contribution in [-0.4, -0.2) is 28.1 Å². The Labute approximate surface area is 133 Å². The first-order chi connectivity index (χ1) is 10.5. The molecule has 112 valence electrons. The first kappa shape index (κ1) is 14.5. The molecule has 1 aromatic rings. The lowest BCUT2D eigenvalue weighted by atomic mass is 9.91. The lowest BCUT2D eigenvalue weighted by molar-refractivity contribution is -0.130. The largest absolute Gasteiger partial charge is 0.324 e. The lowest BCUT2D eigenvalue weighted by Crippen LogP contribution is -2.58. The summed E-state index contributed by atoms with van der Waals surface area (Å²) in [5.41, 5.74) is -0.390. The summed E-state index contributed by atoms with van der Waals surface area (Å²) < 4.78 is 0. The quantitative estimate of drug-likeness (QED) is 0.913. The third-order valence-corrected chi connectivity index (χ3v) is 3.95. The summed E-state index contributed by atoms with van der Waals surface area (Å²) in [6, 6.07) is 6.83. The molecule has 2 amide bonds. The number of benzene rings is 1. The molecule has 5 nitrogen and oxygen atoms in total. The molecule has 3 rings (SSSR count). The minimum atomic E-state index is -1.02. The second kappa shape index (κ2) is 5.42. The molecule has 0 spiro atoms. The molecule has 1 atom stereocenters. The molecule has 6 heteroatoms. The maximum absolute atomic E-state index is 12.7. The summed E-state index contributed by atoms with van der Waals surface area (Å²) >= 11 is 5.84. The summed E-state index contributed by atoms with van der Waals surface area (Å²) in [6.07, 6.45) is 7.08. The van der Waals surface area contributed by atoms with Crippen molar-refractivity contribution in [3.63, 3.8) is 0 Å². The van der Waals surface area contributed by atoms with Gasteiger partial charge in [-0.15, -0.1) is 0 Å². The lowest BCUT2D eigenvalue weighted by Gasteiger charge is -2.41. The van der Waals surface area contributed by atoms with Gasteiger partial charge in [0.25, 0.3) is 11.8 Å². The van der Waals surface area contributed by atoms with E-state index in [0.29, 0.717) is 16.5 Å². The number of rotatable bonds is 2. The number of carbonyl (C=O) groups excluding carboxylic acids is 2. The average molecular weight is 316 g/mol. The molecule has 2 aliphatic heterocycles. The Morgan fingerprint density at radius 1 is 1.32 bits per heavy atom. The fourth-order valence-corrected chi connectivity index (χ4v) is 2.60. The van der Waals surface area contributed by atoms with Crippen LogP contribution in [0.5, 0.6) is 0 Å². The molecule has 0 aromatic heterocycles. The van der Waals surface area contributed by atoms with Crippen LogP contribution < -0.4 is 5.32 Å². The number of hydrogen-bond donors (Lipinski definition) is 1. The molecule has 0 bridgehead atoms. The van der Waals surface area contributed by atoms with E-state index >= 15 is 0 Å². The summed E-state index contributed by atoms with van der Waals surface area (Å²) in [5.74, 6) is -0.0945. The van der Waals surface area contributed by atoms with E-state index < -0.39 is 5.54 Å². The van der Waals surface area contributed by atoms with Gasteiger partial charge in [-0.1, -0.05) is 17.7 Å². The Morgan fingerprint density at radius 2 is 2.05 bits per heavy atom. The van der Waals surface area contributed by atoms with Gasteiger partial charge in [0.1, 0.15) is 11.4 Å². The smallest absolute Gasteiger partial charge is 0.250 e. The van der Waals surface area contributed by atoms with Crippen molar-refractivity contribution in [1.82, 2.24) is 4.90 Å². The zero-order valence-electron chi connectivity index (χ0n) is 11.9. The molecule has 1 N–H and O–H groups in total. The highest BCUT2D eigenvalue weighted by Gasteiger charge is 2.45. The predicted octanol–water partition coefficient (Wildman–Crippen LogP) is 2.75. The number of nitrogens with zero attached hydrogens (tertiary/aromatic N) is 2. The van der Waals surface area contributed by atoms with Crippen LogP contribution >= 0.6 is 11.6 Å². The van der Waals surface area contributed by atoms with E-state index in [-0.39, 0.29) is 18.2 Å². The number of allylic oxidation sites excluding steroid dienone is 2. The maximum Gasteiger partial charge on any atom is 0.250 e. The molecule has 0 saturated heterocycles. The zero-order valence-corrected chi connectivity index (χ0v) is 12.7. The van der Waals surface area contributed by atoms with Gasteiger partial charge in [0, 0.05) is 16.9 Å². The van der Waals surface area contributed by atoms with Crippen LogP contribution in [0.1, 0.15) is 13.3 Å². The van der Waals surface area contributed by atoms with Crippen LogP contribution in [0.4, 0.5) is 5.69 Å². The first-order valence-corrected chi connectivity index (χ1v) is 7.19. The van der Waals surface area contributed by atoms with Gasteiger partial charge in [-0.05, 0) is 43.3 Å². The van der Waals surface area contributed by atoms with E-state index in [9.17, 15) is 9.59 Å². The third-order valence-electron chi connectivity index (χ3n) is 3.70. The highest BCUT2D eigenvalue weighted by atomic mass is 35.5. The predicted molar refractivity (Wildman–Crippen MR) is 85.7 cm³/mol. The third kappa shape index (κ3) is 2.55. The number of anilines is 1. The van der Waals surface area contributed by atoms with Gasteiger partial charge >= 0.3 is 0 Å². The summed E-state index contributed by atoms with van der Waals surface area (Å²) in [5, 5.41) is 3.42. The SMILES string of the molecule is CC1(C(=O)Nc2ccc(Cl)cc2)CC(=O)N=C2C=CC=CN21. The molecule has 1 unspecified atom stereocenters. The van der Waals surface area contributed by atoms with Crippen LogP contribution in [-0.2, 0) is 9.59 Å². The van der Waals surface area contributed by atoms with E-state index in [4.69, 9.17) is 11.6 Å². The van der Waals surface area contributed by atoms with Crippen LogP contribution in [0, 0.1) is 0 Å². The number of amides is 2. The molecule has 2 aliphatic rings. The Balaban J connectivity index is 1.88. The fraction of sp³-hybridized carbons (Fsp3) is 0.188. The normalized spacial score (nSPS) is 23.1. The van der Waals surface area contributed by atoms with E-state index in [1.54, 1.807) is 54.4 Å². The van der Waals surface area contributed by atoms with E-state index in [1.807, 2.05) is 6.08 Å². The van der Waals surface area contributed by atoms with E-state index in [2.05, 4.69) is 10.3 Å². The van der Waals surface area contributed by atoms with Crippen LogP contribution in [0.25, 0.3) is 0 Å². The Morgan fingerprint density at radius 3 is 2.77 bits per heavy atom. The van der Waals surface area contributed by atoms with Gasteiger partial charge < -0.3 is 10.2 Å². The highest BCUT2D eigenvalue weighted by molar-refractivity contribution is 6.30. The average Bonchev–Trinajstić information content (AvgIpc) is 2.49. The van der Waals surface area contributed by atoms with Crippen molar-refractivity contribution in [1.29, 1.82) is 0 Å². The second-order valence-electron chi connectivity index (χ2n) is 5.35. The monoisotopic (exact) mass is 315 g/mol. The van der Waals surface area contributed by atoms with Crippen molar-refractivity contribution in [2.45, 2.75) is 18.9 Å². The molecule has 1 aromatic carbocycles. The fourth-order valence-electron chi connectivity index (χ4n) is 2.48. The van der Waals surface area contributed by atoms with Crippen molar-refractivity contribution in [3.8, 4) is 0 Å². The Bertz CT molecular complexity index is 721. The zero-order chi connectivity index (χ0) is 15.7. The molecule has 2 heterocycles. The van der Waals surface area contributed by atoms with Crippen LogP contribution in [0.3, 0.4) is 0 Å². The van der Waals surface area contributed by atoms with Gasteiger partial charge in [-0.3, -0.25) is 9.59 Å². The number of fused-ring (bicyclic) bond motifs is 1. The summed E-state index contributed by atoms with van der Waals surface area (Å²) in [7, 11) is 0. The molecule has 0 saturated carbocycles. The number of carbonyl (C=O) groups is 2. The number of halogens is 1.